The van der Waals surface area contributed by atoms with Gasteiger partial charge in [0.05, 0.1) is 0 Å². The van der Waals surface area contributed by atoms with Crippen molar-refractivity contribution in [3.05, 3.63) is 81.9 Å². The van der Waals surface area contributed by atoms with Crippen molar-refractivity contribution < 1.29 is 17.0 Å². The van der Waals surface area contributed by atoms with E-state index < -0.39 is 17.0 Å². The Balaban J connectivity index is 0.000000315. The second-order valence-electron chi connectivity index (χ2n) is 11.5. The molecule has 4 heteroatoms. The first-order valence-corrected chi connectivity index (χ1v) is 20.1. The molecule has 0 aliphatic carbocycles. The Morgan fingerprint density at radius 3 is 1.11 bits per heavy atom. The molecule has 208 valence electrons. The monoisotopic (exact) mass is 602 g/mol. The van der Waals surface area contributed by atoms with Gasteiger partial charge < -0.3 is 0 Å². The van der Waals surface area contributed by atoms with Crippen LogP contribution >= 0.6 is 18.6 Å². The average Bonchev–Trinajstić information content (AvgIpc) is 3.39. The van der Waals surface area contributed by atoms with Gasteiger partial charge in [0.2, 0.25) is 0 Å². The molecule has 0 unspecified atom stereocenters. The predicted molar refractivity (Wildman–Crippen MR) is 174 cm³/mol. The molecule has 0 saturated carbocycles. The van der Waals surface area contributed by atoms with Crippen molar-refractivity contribution in [2.24, 2.45) is 0 Å². The van der Waals surface area contributed by atoms with Crippen LogP contribution in [-0.2, 0) is 17.0 Å². The molecule has 4 aromatic carbocycles. The van der Waals surface area contributed by atoms with E-state index in [1.165, 1.54) is 54.9 Å². The summed E-state index contributed by atoms with van der Waals surface area (Å²) in [6, 6.07) is 18.7. The van der Waals surface area contributed by atoms with E-state index in [4.69, 9.17) is 18.6 Å². The fourth-order valence-corrected chi connectivity index (χ4v) is 4.67. The normalized spacial score (nSPS) is 10.9. The quantitative estimate of drug-likeness (QED) is 0.161. The van der Waals surface area contributed by atoms with Gasteiger partial charge in [-0.3, -0.25) is 0 Å². The van der Waals surface area contributed by atoms with Gasteiger partial charge in [0.1, 0.15) is 0 Å². The van der Waals surface area contributed by atoms with Crippen molar-refractivity contribution in [2.75, 3.05) is 0 Å². The summed E-state index contributed by atoms with van der Waals surface area (Å²) in [5.74, 6) is 2.42. The first-order valence-electron chi connectivity index (χ1n) is 13.8. The topological polar surface area (TPSA) is 0 Å². The Morgan fingerprint density at radius 2 is 0.868 bits per heavy atom. The molecule has 0 fully saturated rings. The van der Waals surface area contributed by atoms with Crippen LogP contribution in [-0.4, -0.2) is 9.52 Å². The second-order valence-corrected chi connectivity index (χ2v) is 15.1. The molecule has 0 saturated heterocycles. The van der Waals surface area contributed by atoms with Crippen LogP contribution in [0.5, 0.6) is 0 Å². The van der Waals surface area contributed by atoms with Gasteiger partial charge in [0, 0.05) is 9.52 Å². The Hall–Kier alpha value is -0.829. The fourth-order valence-electron chi connectivity index (χ4n) is 4.67. The number of hydrogen-bond donors (Lipinski definition) is 0. The third kappa shape index (κ3) is 10.3. The minimum absolute atomic E-state index is 0.556. The first-order chi connectivity index (χ1) is 17.8. The molecule has 0 nitrogen and oxygen atoms in total. The summed E-state index contributed by atoms with van der Waals surface area (Å²) in [6.45, 7) is 26.8. The Kier molecular flexibility index (Phi) is 15.8. The van der Waals surface area contributed by atoms with E-state index in [1.54, 1.807) is 0 Å². The number of halogens is 2. The van der Waals surface area contributed by atoms with Crippen molar-refractivity contribution in [1.29, 1.82) is 0 Å². The van der Waals surface area contributed by atoms with Crippen LogP contribution in [0.4, 0.5) is 0 Å². The van der Waals surface area contributed by atoms with Crippen LogP contribution in [0.2, 0.25) is 13.1 Å². The van der Waals surface area contributed by atoms with Crippen LogP contribution in [0.1, 0.15) is 112 Å². The van der Waals surface area contributed by atoms with E-state index in [2.05, 4.69) is 131 Å². The fraction of sp³-hybridized carbons (Fsp3) is 0.471. The van der Waals surface area contributed by atoms with Crippen molar-refractivity contribution in [3.8, 4) is 0 Å². The molecule has 0 spiro atoms. The van der Waals surface area contributed by atoms with E-state index in [1.807, 2.05) is 0 Å². The van der Waals surface area contributed by atoms with Crippen molar-refractivity contribution in [3.63, 3.8) is 0 Å². The molecule has 38 heavy (non-hydrogen) atoms. The SMILES string of the molecule is C[Si]C.Cc1cc2c(C(C)C)cc(C(C)C)cc2[cH-]1.Cc1cc2c(C(C)C)cc(C(C)C)cc2[cH-]1.[Cl][Ti][Cl]. The zero-order valence-electron chi connectivity index (χ0n) is 25.7. The van der Waals surface area contributed by atoms with Crippen LogP contribution in [0.15, 0.2) is 48.5 Å². The summed E-state index contributed by atoms with van der Waals surface area (Å²) >= 11 is -0.556. The summed E-state index contributed by atoms with van der Waals surface area (Å²) < 4.78 is 0. The molecule has 0 N–H and O–H groups in total. The minimum atomic E-state index is -0.556. The van der Waals surface area contributed by atoms with E-state index in [-0.39, 0.29) is 0 Å². The molecule has 0 aliphatic heterocycles. The zero-order chi connectivity index (χ0) is 29.2. The van der Waals surface area contributed by atoms with Gasteiger partial charge in [-0.15, -0.1) is 56.9 Å². The molecular weight excluding hydrogens is 555 g/mol. The van der Waals surface area contributed by atoms with E-state index >= 15 is 0 Å². The Labute approximate surface area is 253 Å². The Bertz CT molecular complexity index is 1150. The van der Waals surface area contributed by atoms with Crippen molar-refractivity contribution in [2.45, 2.75) is 106 Å². The summed E-state index contributed by atoms with van der Waals surface area (Å²) in [6.07, 6.45) is 0. The maximum atomic E-state index is 4.89. The van der Waals surface area contributed by atoms with Gasteiger partial charge in [0.15, 0.2) is 0 Å². The summed E-state index contributed by atoms with van der Waals surface area (Å²) in [7, 11) is 10.9. The van der Waals surface area contributed by atoms with Crippen LogP contribution < -0.4 is 0 Å². The molecule has 0 amide bonds. The molecule has 0 heterocycles. The maximum absolute atomic E-state index is 4.89. The third-order valence-corrected chi connectivity index (χ3v) is 6.62. The third-order valence-electron chi connectivity index (χ3n) is 6.62. The average molecular weight is 604 g/mol. The van der Waals surface area contributed by atoms with Gasteiger partial charge >= 0.3 is 35.6 Å². The van der Waals surface area contributed by atoms with Crippen molar-refractivity contribution >= 4 is 49.7 Å². The van der Waals surface area contributed by atoms with Gasteiger partial charge in [-0.25, -0.2) is 0 Å². The molecular formula is C34H48Cl2SiTi-2. The van der Waals surface area contributed by atoms with E-state index in [0.717, 1.165) is 9.52 Å². The standard InChI is InChI=1S/2C16H21.C2H6Si.2ClH.Ti/c2*1-10(2)13-8-14-6-12(5)7-16(14)15(9-13)11(3)4;1-3-2;;;/h2*6-11H,1-5H3;1-2H3;2*1H;/q2*-1;;;;+2/p-2. The first kappa shape index (κ1) is 35.2. The van der Waals surface area contributed by atoms with E-state index in [0.29, 0.717) is 23.7 Å². The van der Waals surface area contributed by atoms with Gasteiger partial charge in [-0.1, -0.05) is 117 Å². The van der Waals surface area contributed by atoms with E-state index in [9.17, 15) is 0 Å². The molecule has 0 aliphatic rings. The molecule has 2 radical (unpaired) electrons. The number of hydrogen-bond acceptors (Lipinski definition) is 0. The van der Waals surface area contributed by atoms with Gasteiger partial charge in [-0.2, -0.15) is 12.1 Å². The predicted octanol–water partition coefficient (Wildman–Crippen LogP) is 12.4. The van der Waals surface area contributed by atoms with Crippen LogP contribution in [0.3, 0.4) is 0 Å². The molecule has 0 bridgehead atoms. The molecule has 0 atom stereocenters. The molecule has 4 aromatic rings. The van der Waals surface area contributed by atoms with Gasteiger partial charge in [0.25, 0.3) is 0 Å². The Morgan fingerprint density at radius 1 is 0.579 bits per heavy atom. The van der Waals surface area contributed by atoms with Crippen LogP contribution in [0.25, 0.3) is 21.5 Å². The summed E-state index contributed by atoms with van der Waals surface area (Å²) in [5.41, 5.74) is 8.66. The second kappa shape index (κ2) is 17.1. The summed E-state index contributed by atoms with van der Waals surface area (Å²) in [4.78, 5) is 0. The zero-order valence-corrected chi connectivity index (χ0v) is 29.8. The van der Waals surface area contributed by atoms with Crippen LogP contribution in [0, 0.1) is 13.8 Å². The number of fused-ring (bicyclic) bond motifs is 2. The number of rotatable bonds is 4. The number of aryl methyl sites for hydroxylation is 2. The molecule has 0 aromatic heterocycles. The van der Waals surface area contributed by atoms with Gasteiger partial charge in [-0.05, 0) is 23.7 Å². The number of benzene rings is 2. The van der Waals surface area contributed by atoms with Crippen molar-refractivity contribution in [1.82, 2.24) is 0 Å². The summed E-state index contributed by atoms with van der Waals surface area (Å²) in [5, 5.41) is 5.70. The molecule has 4 rings (SSSR count).